The number of halogens is 3. The molecule has 1 spiro atoms. The summed E-state index contributed by atoms with van der Waals surface area (Å²) in [5, 5.41) is 9.63. The fraction of sp³-hybridized carbons (Fsp3) is 0.625. The summed E-state index contributed by atoms with van der Waals surface area (Å²) in [5.41, 5.74) is 0.146. The summed E-state index contributed by atoms with van der Waals surface area (Å²) in [5.74, 6) is -0.113. The van der Waals surface area contributed by atoms with E-state index in [2.05, 4.69) is 9.72 Å². The van der Waals surface area contributed by atoms with Gasteiger partial charge in [0.1, 0.15) is 0 Å². The molecule has 2 fully saturated rings. The molecule has 3 rings (SSSR count). The van der Waals surface area contributed by atoms with Gasteiger partial charge < -0.3 is 14.7 Å². The van der Waals surface area contributed by atoms with Crippen LogP contribution in [-0.4, -0.2) is 41.4 Å². The lowest BCUT2D eigenvalue weighted by Gasteiger charge is -2.33. The molecule has 1 aromatic rings. The van der Waals surface area contributed by atoms with Crippen LogP contribution in [0.15, 0.2) is 18.3 Å². The van der Waals surface area contributed by atoms with Crippen molar-refractivity contribution in [3.63, 3.8) is 0 Å². The SMILES string of the molecule is O=C1N(c2ccc(OCC(F)(F)F)nc2)CCC12CCC(O)CC2. The molecule has 1 aliphatic carbocycles. The topological polar surface area (TPSA) is 62.7 Å². The third-order valence-corrected chi connectivity index (χ3v) is 4.84. The lowest BCUT2D eigenvalue weighted by atomic mass is 9.72. The summed E-state index contributed by atoms with van der Waals surface area (Å²) in [7, 11) is 0. The van der Waals surface area contributed by atoms with Gasteiger partial charge in [-0.1, -0.05) is 0 Å². The number of rotatable bonds is 3. The molecular weight excluding hydrogens is 325 g/mol. The number of carbonyl (C=O) groups is 1. The van der Waals surface area contributed by atoms with Crippen molar-refractivity contribution in [3.05, 3.63) is 18.3 Å². The van der Waals surface area contributed by atoms with Crippen molar-refractivity contribution in [1.82, 2.24) is 4.98 Å². The summed E-state index contributed by atoms with van der Waals surface area (Å²) in [4.78, 5) is 18.2. The summed E-state index contributed by atoms with van der Waals surface area (Å²) >= 11 is 0. The van der Waals surface area contributed by atoms with Crippen LogP contribution in [-0.2, 0) is 4.79 Å². The Morgan fingerprint density at radius 3 is 2.58 bits per heavy atom. The summed E-state index contributed by atoms with van der Waals surface area (Å²) in [6.45, 7) is -0.840. The van der Waals surface area contributed by atoms with Gasteiger partial charge in [0, 0.05) is 12.6 Å². The smallest absolute Gasteiger partial charge is 0.422 e. The van der Waals surface area contributed by atoms with Crippen LogP contribution in [0.1, 0.15) is 32.1 Å². The number of hydrogen-bond acceptors (Lipinski definition) is 4. The third kappa shape index (κ3) is 3.48. The molecule has 2 aliphatic rings. The molecule has 5 nitrogen and oxygen atoms in total. The van der Waals surface area contributed by atoms with Crippen molar-refractivity contribution in [3.8, 4) is 5.88 Å². The second-order valence-electron chi connectivity index (χ2n) is 6.48. The number of amides is 1. The van der Waals surface area contributed by atoms with Crippen molar-refractivity contribution in [2.24, 2.45) is 5.41 Å². The molecule has 1 aliphatic heterocycles. The van der Waals surface area contributed by atoms with Crippen LogP contribution >= 0.6 is 0 Å². The second-order valence-corrected chi connectivity index (χ2v) is 6.48. The van der Waals surface area contributed by atoms with E-state index < -0.39 is 18.2 Å². The first-order valence-corrected chi connectivity index (χ1v) is 7.95. The maximum atomic E-state index is 12.8. The third-order valence-electron chi connectivity index (χ3n) is 4.84. The van der Waals surface area contributed by atoms with Crippen molar-refractivity contribution >= 4 is 11.6 Å². The lowest BCUT2D eigenvalue weighted by Crippen LogP contribution is -2.38. The first-order valence-electron chi connectivity index (χ1n) is 7.95. The van der Waals surface area contributed by atoms with Gasteiger partial charge >= 0.3 is 6.18 Å². The number of anilines is 1. The number of carbonyl (C=O) groups excluding carboxylic acids is 1. The van der Waals surface area contributed by atoms with Gasteiger partial charge in [0.2, 0.25) is 11.8 Å². The van der Waals surface area contributed by atoms with Crippen LogP contribution in [0.2, 0.25) is 0 Å². The van der Waals surface area contributed by atoms with Crippen LogP contribution in [0.25, 0.3) is 0 Å². The van der Waals surface area contributed by atoms with E-state index in [1.165, 1.54) is 12.3 Å². The summed E-state index contributed by atoms with van der Waals surface area (Å²) < 4.78 is 40.9. The quantitative estimate of drug-likeness (QED) is 0.916. The molecule has 1 saturated carbocycles. The van der Waals surface area contributed by atoms with Crippen LogP contribution in [0.5, 0.6) is 5.88 Å². The zero-order valence-electron chi connectivity index (χ0n) is 13.1. The molecule has 24 heavy (non-hydrogen) atoms. The Morgan fingerprint density at radius 2 is 2.00 bits per heavy atom. The zero-order valence-corrected chi connectivity index (χ0v) is 13.1. The predicted molar refractivity (Wildman–Crippen MR) is 79.7 cm³/mol. The minimum absolute atomic E-state index is 0.0140. The van der Waals surface area contributed by atoms with Gasteiger partial charge in [-0.05, 0) is 38.2 Å². The van der Waals surface area contributed by atoms with Gasteiger partial charge in [-0.2, -0.15) is 13.2 Å². The zero-order chi connectivity index (χ0) is 17.4. The molecule has 0 bridgehead atoms. The highest BCUT2D eigenvalue weighted by atomic mass is 19.4. The van der Waals surface area contributed by atoms with Gasteiger partial charge in [-0.15, -0.1) is 0 Å². The van der Waals surface area contributed by atoms with Crippen molar-refractivity contribution in [2.75, 3.05) is 18.1 Å². The number of hydrogen-bond donors (Lipinski definition) is 1. The van der Waals surface area contributed by atoms with E-state index in [-0.39, 0.29) is 17.9 Å². The average Bonchev–Trinajstić information content (AvgIpc) is 2.85. The van der Waals surface area contributed by atoms with E-state index in [4.69, 9.17) is 0 Å². The summed E-state index contributed by atoms with van der Waals surface area (Å²) in [6.07, 6.45) is -0.0597. The largest absolute Gasteiger partial charge is 0.468 e. The number of ether oxygens (including phenoxy) is 1. The average molecular weight is 344 g/mol. The highest BCUT2D eigenvalue weighted by Gasteiger charge is 2.48. The maximum Gasteiger partial charge on any atom is 0.422 e. The fourth-order valence-corrected chi connectivity index (χ4v) is 3.46. The van der Waals surface area contributed by atoms with Crippen LogP contribution in [0.4, 0.5) is 18.9 Å². The monoisotopic (exact) mass is 344 g/mol. The highest BCUT2D eigenvalue weighted by molar-refractivity contribution is 5.99. The minimum atomic E-state index is -4.41. The predicted octanol–water partition coefficient (Wildman–Crippen LogP) is 2.68. The molecule has 0 atom stereocenters. The molecule has 8 heteroatoms. The number of alkyl halides is 3. The van der Waals surface area contributed by atoms with Gasteiger partial charge in [-0.3, -0.25) is 4.79 Å². The Hall–Kier alpha value is -1.83. The Balaban J connectivity index is 1.66. The second kappa shape index (κ2) is 6.23. The maximum absolute atomic E-state index is 12.8. The van der Waals surface area contributed by atoms with Crippen molar-refractivity contribution in [2.45, 2.75) is 44.4 Å². The fourth-order valence-electron chi connectivity index (χ4n) is 3.46. The number of aliphatic hydroxyl groups excluding tert-OH is 1. The van der Waals surface area contributed by atoms with Crippen molar-refractivity contribution < 1.29 is 27.8 Å². The Morgan fingerprint density at radius 1 is 1.29 bits per heavy atom. The molecule has 132 valence electrons. The van der Waals surface area contributed by atoms with Crippen LogP contribution < -0.4 is 9.64 Å². The molecule has 0 radical (unpaired) electrons. The van der Waals surface area contributed by atoms with E-state index in [1.54, 1.807) is 11.0 Å². The Kier molecular flexibility index (Phi) is 4.42. The molecule has 1 saturated heterocycles. The van der Waals surface area contributed by atoms with E-state index in [0.717, 1.165) is 6.42 Å². The Labute approximate surface area is 137 Å². The highest BCUT2D eigenvalue weighted by Crippen LogP contribution is 2.45. The van der Waals surface area contributed by atoms with E-state index in [0.29, 0.717) is 37.9 Å². The molecular formula is C16H19F3N2O3. The van der Waals surface area contributed by atoms with Gasteiger partial charge in [0.25, 0.3) is 0 Å². The van der Waals surface area contributed by atoms with E-state index in [9.17, 15) is 23.1 Å². The first-order chi connectivity index (χ1) is 11.3. The van der Waals surface area contributed by atoms with E-state index in [1.807, 2.05) is 0 Å². The molecule has 0 unspecified atom stereocenters. The van der Waals surface area contributed by atoms with Gasteiger partial charge in [-0.25, -0.2) is 4.98 Å². The number of nitrogens with zero attached hydrogens (tertiary/aromatic N) is 2. The minimum Gasteiger partial charge on any atom is -0.468 e. The van der Waals surface area contributed by atoms with Gasteiger partial charge in [0.15, 0.2) is 6.61 Å². The standard InChI is InChI=1S/C16H19F3N2O3/c17-16(18,19)10-24-13-2-1-11(9-20-13)21-8-7-15(14(21)23)5-3-12(22)4-6-15/h1-2,9,12,22H,3-8,10H2. The van der Waals surface area contributed by atoms with Gasteiger partial charge in [0.05, 0.1) is 23.4 Å². The lowest BCUT2D eigenvalue weighted by molar-refractivity contribution is -0.154. The number of aliphatic hydroxyl groups is 1. The number of aromatic nitrogens is 1. The molecule has 1 aromatic heterocycles. The Bertz CT molecular complexity index is 596. The van der Waals surface area contributed by atoms with E-state index >= 15 is 0 Å². The first kappa shape index (κ1) is 17.0. The normalized spacial score (nSPS) is 27.8. The summed E-state index contributed by atoms with van der Waals surface area (Å²) in [6, 6.07) is 2.89. The molecule has 2 heterocycles. The molecule has 0 aromatic carbocycles. The van der Waals surface area contributed by atoms with Crippen LogP contribution in [0.3, 0.4) is 0 Å². The molecule has 1 amide bonds. The van der Waals surface area contributed by atoms with Crippen molar-refractivity contribution in [1.29, 1.82) is 0 Å². The molecule has 1 N–H and O–H groups in total. The number of pyridine rings is 1. The van der Waals surface area contributed by atoms with Crippen LogP contribution in [0, 0.1) is 5.41 Å².